The maximum Gasteiger partial charge on any atom is 0.330 e. The van der Waals surface area contributed by atoms with Crippen LogP contribution < -0.4 is 11.2 Å². The van der Waals surface area contributed by atoms with Gasteiger partial charge < -0.3 is 12.7 Å². The molecule has 8 nitrogen and oxygen atoms in total. The third-order valence-corrected chi connectivity index (χ3v) is 3.66. The highest BCUT2D eigenvalue weighted by atomic mass is 127. The number of hydrogen-bond acceptors (Lipinski definition) is 5. The first-order valence-electron chi connectivity index (χ1n) is 6.39. The van der Waals surface area contributed by atoms with E-state index in [1.807, 2.05) is 0 Å². The van der Waals surface area contributed by atoms with Crippen LogP contribution in [-0.2, 0) is 12.6 Å². The van der Waals surface area contributed by atoms with Crippen molar-refractivity contribution in [2.24, 2.45) is 0 Å². The number of rotatable bonds is 3. The van der Waals surface area contributed by atoms with E-state index >= 15 is 0 Å². The lowest BCUT2D eigenvalue weighted by Crippen LogP contribution is -2.51. The van der Waals surface area contributed by atoms with E-state index in [2.05, 4.69) is 4.98 Å². The molecule has 1 saturated heterocycles. The van der Waals surface area contributed by atoms with E-state index in [1.54, 1.807) is 34.8 Å². The van der Waals surface area contributed by atoms with Crippen molar-refractivity contribution in [1.29, 1.82) is 0 Å². The molecule has 0 aliphatic carbocycles. The van der Waals surface area contributed by atoms with Gasteiger partial charge in [-0.25, -0.2) is 4.79 Å². The summed E-state index contributed by atoms with van der Waals surface area (Å²) in [5, 5.41) is 0. The molecule has 2 atom stereocenters. The molecule has 0 spiro atoms. The molecule has 1 amide bonds. The Morgan fingerprint density at radius 3 is 2.86 bits per heavy atom. The molecule has 1 aliphatic rings. The van der Waals surface area contributed by atoms with E-state index in [-0.39, 0.29) is 18.6 Å². The number of carbonyl (C=O) groups excluding carboxylic acids is 1. The fraction of sp³-hybridized carbons (Fsp3) is 0.583. The van der Waals surface area contributed by atoms with Crippen LogP contribution in [-0.4, -0.2) is 46.2 Å². The number of carbonyl (C=O) groups is 1. The predicted molar refractivity (Wildman–Crippen MR) is 82.2 cm³/mol. The second kappa shape index (κ2) is 6.71. The molecule has 2 heterocycles. The van der Waals surface area contributed by atoms with Gasteiger partial charge in [0.1, 0.15) is 29.1 Å². The van der Waals surface area contributed by atoms with Gasteiger partial charge in [-0.3, -0.25) is 19.1 Å². The molecule has 2 rings (SSSR count). The standard InChI is InChI=1S/C12H16IN3O5/c1-7-3-16(12(19)14-11(7)18)10-5-15(8(2)17)4-9(21-10)6-20-13/h3,9-10H,4-6H2,1-2H3,(H,14,18,19)/t9-,10+/m0/s1. The van der Waals surface area contributed by atoms with Crippen LogP contribution in [0.4, 0.5) is 0 Å². The Morgan fingerprint density at radius 2 is 2.24 bits per heavy atom. The van der Waals surface area contributed by atoms with Crippen molar-refractivity contribution >= 4 is 28.9 Å². The molecule has 0 unspecified atom stereocenters. The molecule has 1 aliphatic heterocycles. The van der Waals surface area contributed by atoms with Gasteiger partial charge in [0.2, 0.25) is 5.91 Å². The van der Waals surface area contributed by atoms with Crippen LogP contribution in [0.3, 0.4) is 0 Å². The second-order valence-corrected chi connectivity index (χ2v) is 5.51. The smallest absolute Gasteiger partial charge is 0.330 e. The van der Waals surface area contributed by atoms with Crippen LogP contribution in [0.2, 0.25) is 0 Å². The summed E-state index contributed by atoms with van der Waals surface area (Å²) in [7, 11) is 0. The number of ether oxygens (including phenoxy) is 1. The van der Waals surface area contributed by atoms with Gasteiger partial charge in [0, 0.05) is 25.2 Å². The fourth-order valence-electron chi connectivity index (χ4n) is 2.19. The van der Waals surface area contributed by atoms with Crippen LogP contribution in [0.1, 0.15) is 18.7 Å². The van der Waals surface area contributed by atoms with Gasteiger partial charge in [0.05, 0.1) is 13.2 Å². The minimum atomic E-state index is -0.651. The van der Waals surface area contributed by atoms with Crippen molar-refractivity contribution in [2.75, 3.05) is 19.7 Å². The van der Waals surface area contributed by atoms with E-state index in [9.17, 15) is 14.4 Å². The van der Waals surface area contributed by atoms with Crippen LogP contribution >= 0.6 is 23.0 Å². The van der Waals surface area contributed by atoms with Crippen LogP contribution in [0.5, 0.6) is 0 Å². The Morgan fingerprint density at radius 1 is 1.52 bits per heavy atom. The summed E-state index contributed by atoms with van der Waals surface area (Å²) in [6.07, 6.45) is 0.461. The lowest BCUT2D eigenvalue weighted by Gasteiger charge is -2.37. The Hall–Kier alpha value is -1.20. The molecule has 0 aromatic carbocycles. The Labute approximate surface area is 134 Å². The number of nitrogens with one attached hydrogen (secondary N) is 1. The first-order valence-corrected chi connectivity index (χ1v) is 7.27. The Kier molecular flexibility index (Phi) is 5.17. The first kappa shape index (κ1) is 16.2. The van der Waals surface area contributed by atoms with Crippen molar-refractivity contribution in [3.8, 4) is 0 Å². The number of H-pyrrole nitrogens is 1. The van der Waals surface area contributed by atoms with Crippen LogP contribution in [0, 0.1) is 6.92 Å². The number of morpholine rings is 1. The van der Waals surface area contributed by atoms with E-state index < -0.39 is 17.5 Å². The number of halogens is 1. The maximum atomic E-state index is 11.9. The van der Waals surface area contributed by atoms with Crippen molar-refractivity contribution < 1.29 is 12.6 Å². The van der Waals surface area contributed by atoms with Crippen molar-refractivity contribution in [3.05, 3.63) is 32.6 Å². The molecule has 1 N–H and O–H groups in total. The Bertz CT molecular complexity index is 641. The van der Waals surface area contributed by atoms with Crippen molar-refractivity contribution in [2.45, 2.75) is 26.2 Å². The number of aryl methyl sites for hydroxylation is 1. The van der Waals surface area contributed by atoms with Gasteiger partial charge in [-0.15, -0.1) is 0 Å². The van der Waals surface area contributed by atoms with Gasteiger partial charge in [-0.05, 0) is 6.92 Å². The zero-order valence-corrected chi connectivity index (χ0v) is 13.8. The Balaban J connectivity index is 2.33. The monoisotopic (exact) mass is 409 g/mol. The highest BCUT2D eigenvalue weighted by Crippen LogP contribution is 2.19. The van der Waals surface area contributed by atoms with E-state index in [0.29, 0.717) is 18.7 Å². The molecule has 21 heavy (non-hydrogen) atoms. The molecule has 1 fully saturated rings. The average molecular weight is 409 g/mol. The molecular formula is C12H16IN3O5. The summed E-state index contributed by atoms with van der Waals surface area (Å²) in [6, 6.07) is 0. The van der Waals surface area contributed by atoms with Gasteiger partial charge in [-0.2, -0.15) is 0 Å². The summed E-state index contributed by atoms with van der Waals surface area (Å²) in [5.41, 5.74) is -0.586. The topological polar surface area (TPSA) is 93.6 Å². The zero-order valence-electron chi connectivity index (χ0n) is 11.7. The van der Waals surface area contributed by atoms with Gasteiger partial charge in [0.15, 0.2) is 6.23 Å². The minimum Gasteiger partial charge on any atom is -0.348 e. The average Bonchev–Trinajstić information content (AvgIpc) is 2.42. The molecule has 0 bridgehead atoms. The van der Waals surface area contributed by atoms with Crippen LogP contribution in [0.15, 0.2) is 15.8 Å². The first-order chi connectivity index (χ1) is 9.92. The number of amides is 1. The lowest BCUT2D eigenvalue weighted by molar-refractivity contribution is -0.156. The van der Waals surface area contributed by atoms with E-state index in [1.165, 1.54) is 17.7 Å². The van der Waals surface area contributed by atoms with E-state index in [0.717, 1.165) is 0 Å². The second-order valence-electron chi connectivity index (χ2n) is 4.89. The maximum absolute atomic E-state index is 11.9. The normalized spacial score (nSPS) is 22.3. The minimum absolute atomic E-state index is 0.101. The SMILES string of the molecule is CC(=O)N1C[C@@H](COI)O[C@@H](n2cc(C)c(=O)[nH]c2=O)C1. The molecule has 116 valence electrons. The number of hydrogen-bond donors (Lipinski definition) is 1. The van der Waals surface area contributed by atoms with Gasteiger partial charge in [0.25, 0.3) is 5.56 Å². The molecule has 1 aromatic heterocycles. The van der Waals surface area contributed by atoms with Crippen LogP contribution in [0.25, 0.3) is 0 Å². The highest BCUT2D eigenvalue weighted by molar-refractivity contribution is 14.1. The van der Waals surface area contributed by atoms with Gasteiger partial charge >= 0.3 is 5.69 Å². The summed E-state index contributed by atoms with van der Waals surface area (Å²) in [6.45, 7) is 4.03. The lowest BCUT2D eigenvalue weighted by atomic mass is 10.2. The zero-order chi connectivity index (χ0) is 15.6. The summed E-state index contributed by atoms with van der Waals surface area (Å²) in [4.78, 5) is 38.8. The quantitative estimate of drug-likeness (QED) is 0.708. The van der Waals surface area contributed by atoms with Gasteiger partial charge in [-0.1, -0.05) is 0 Å². The van der Waals surface area contributed by atoms with Crippen molar-refractivity contribution in [1.82, 2.24) is 14.5 Å². The summed E-state index contributed by atoms with van der Waals surface area (Å²) in [5.74, 6) is -0.101. The molecule has 0 saturated carbocycles. The highest BCUT2D eigenvalue weighted by Gasteiger charge is 2.31. The predicted octanol–water partition coefficient (Wildman–Crippen LogP) is -0.0425. The largest absolute Gasteiger partial charge is 0.348 e. The fourth-order valence-corrected chi connectivity index (χ4v) is 2.59. The summed E-state index contributed by atoms with van der Waals surface area (Å²) < 4.78 is 12.1. The molecule has 0 radical (unpaired) electrons. The van der Waals surface area contributed by atoms with E-state index in [4.69, 9.17) is 7.80 Å². The number of aromatic nitrogens is 2. The molecule has 9 heteroatoms. The number of aromatic amines is 1. The molecular weight excluding hydrogens is 393 g/mol. The third kappa shape index (κ3) is 3.71. The third-order valence-electron chi connectivity index (χ3n) is 3.30. The summed E-state index contributed by atoms with van der Waals surface area (Å²) >= 11 is 1.75. The number of nitrogens with zero attached hydrogens (tertiary/aromatic N) is 2. The van der Waals surface area contributed by atoms with Crippen molar-refractivity contribution in [3.63, 3.8) is 0 Å². The molecule has 1 aromatic rings.